The van der Waals surface area contributed by atoms with Crippen LogP contribution >= 0.6 is 0 Å². The Balaban J connectivity index is 1.87. The van der Waals surface area contributed by atoms with Gasteiger partial charge in [-0.2, -0.15) is 13.2 Å². The molecule has 172 valence electrons. The number of carboxylic acids is 1. The topological polar surface area (TPSA) is 98.7 Å². The largest absolute Gasteiger partial charge is 0.481 e. The minimum absolute atomic E-state index is 0.119. The zero-order valence-corrected chi connectivity index (χ0v) is 17.0. The van der Waals surface area contributed by atoms with Gasteiger partial charge in [-0.05, 0) is 48.7 Å². The fourth-order valence-corrected chi connectivity index (χ4v) is 4.13. The normalized spacial score (nSPS) is 23.4. The molecule has 6 nitrogen and oxygen atoms in total. The fourth-order valence-electron chi connectivity index (χ4n) is 4.13. The number of benzene rings is 2. The number of aliphatic hydroxyl groups excluding tert-OH is 1. The van der Waals surface area contributed by atoms with E-state index in [9.17, 15) is 37.4 Å². The third-order valence-corrected chi connectivity index (χ3v) is 5.72. The third kappa shape index (κ3) is 5.01. The predicted octanol–water partition coefficient (Wildman–Crippen LogP) is 4.08. The van der Waals surface area contributed by atoms with Gasteiger partial charge in [0.1, 0.15) is 5.82 Å². The molecular formula is C22H22F4N2O4. The summed E-state index contributed by atoms with van der Waals surface area (Å²) in [6, 6.07) is 8.54. The highest BCUT2D eigenvalue weighted by Crippen LogP contribution is 2.42. The molecule has 1 fully saturated rings. The summed E-state index contributed by atoms with van der Waals surface area (Å²) in [5, 5.41) is 25.3. The Morgan fingerprint density at radius 1 is 1.06 bits per heavy atom. The van der Waals surface area contributed by atoms with Crippen LogP contribution in [0.15, 0.2) is 42.5 Å². The predicted molar refractivity (Wildman–Crippen MR) is 109 cm³/mol. The molecule has 1 saturated carbocycles. The summed E-state index contributed by atoms with van der Waals surface area (Å²) in [5.74, 6) is -6.55. The number of hydrogen-bond donors (Lipinski definition) is 4. The van der Waals surface area contributed by atoms with Crippen molar-refractivity contribution in [3.63, 3.8) is 0 Å². The summed E-state index contributed by atoms with van der Waals surface area (Å²) in [6.07, 6.45) is -5.78. The molecule has 0 aromatic heterocycles. The van der Waals surface area contributed by atoms with E-state index in [2.05, 4.69) is 10.6 Å². The maximum absolute atomic E-state index is 14.2. The molecule has 3 rings (SSSR count). The lowest BCUT2D eigenvalue weighted by Crippen LogP contribution is -2.44. The molecule has 0 heterocycles. The molecule has 1 aliphatic rings. The van der Waals surface area contributed by atoms with Crippen molar-refractivity contribution >= 4 is 23.3 Å². The van der Waals surface area contributed by atoms with E-state index in [1.54, 1.807) is 31.3 Å². The van der Waals surface area contributed by atoms with Crippen LogP contribution in [0.2, 0.25) is 0 Å². The van der Waals surface area contributed by atoms with Crippen LogP contribution in [0.25, 0.3) is 0 Å². The average molecular weight is 454 g/mol. The second-order valence-electron chi connectivity index (χ2n) is 7.76. The number of amides is 1. The first kappa shape index (κ1) is 23.5. The zero-order valence-electron chi connectivity index (χ0n) is 17.0. The Morgan fingerprint density at radius 3 is 2.25 bits per heavy atom. The Kier molecular flexibility index (Phi) is 6.73. The van der Waals surface area contributed by atoms with E-state index < -0.39 is 59.0 Å². The van der Waals surface area contributed by atoms with Gasteiger partial charge in [0.2, 0.25) is 5.91 Å². The second kappa shape index (κ2) is 9.15. The van der Waals surface area contributed by atoms with Crippen LogP contribution in [0.1, 0.15) is 29.9 Å². The molecule has 1 amide bonds. The maximum Gasteiger partial charge on any atom is 0.416 e. The average Bonchev–Trinajstić information content (AvgIpc) is 2.73. The molecule has 0 spiro atoms. The molecule has 10 heteroatoms. The van der Waals surface area contributed by atoms with Crippen LogP contribution in [0.4, 0.5) is 28.9 Å². The van der Waals surface area contributed by atoms with E-state index in [0.29, 0.717) is 11.6 Å². The van der Waals surface area contributed by atoms with Crippen molar-refractivity contribution in [3.8, 4) is 0 Å². The van der Waals surface area contributed by atoms with Gasteiger partial charge < -0.3 is 20.8 Å². The maximum atomic E-state index is 14.2. The van der Waals surface area contributed by atoms with Gasteiger partial charge in [-0.1, -0.05) is 12.1 Å². The second-order valence-corrected chi connectivity index (χ2v) is 7.76. The fraction of sp³-hybridized carbons (Fsp3) is 0.364. The number of carbonyl (C=O) groups is 2. The van der Waals surface area contributed by atoms with Gasteiger partial charge in [0, 0.05) is 18.7 Å². The highest BCUT2D eigenvalue weighted by atomic mass is 19.4. The van der Waals surface area contributed by atoms with Gasteiger partial charge in [0.05, 0.1) is 29.2 Å². The summed E-state index contributed by atoms with van der Waals surface area (Å²) in [7, 11) is 1.72. The van der Waals surface area contributed by atoms with Gasteiger partial charge in [-0.25, -0.2) is 4.39 Å². The Labute approximate surface area is 181 Å². The number of nitrogens with one attached hydrogen (secondary N) is 2. The number of anilines is 2. The first-order valence-electron chi connectivity index (χ1n) is 9.87. The van der Waals surface area contributed by atoms with Crippen LogP contribution in [0, 0.1) is 17.7 Å². The molecule has 0 aliphatic heterocycles. The molecule has 0 unspecified atom stereocenters. The van der Waals surface area contributed by atoms with Crippen molar-refractivity contribution in [1.29, 1.82) is 0 Å². The summed E-state index contributed by atoms with van der Waals surface area (Å²) in [5.41, 5.74) is -0.297. The van der Waals surface area contributed by atoms with Crippen LogP contribution in [0.5, 0.6) is 0 Å². The van der Waals surface area contributed by atoms with Gasteiger partial charge in [0.15, 0.2) is 0 Å². The molecule has 0 radical (unpaired) electrons. The Hall–Kier alpha value is -3.14. The molecule has 0 saturated heterocycles. The molecule has 1 aliphatic carbocycles. The first-order valence-corrected chi connectivity index (χ1v) is 9.87. The number of carbonyl (C=O) groups excluding carboxylic acids is 1. The Bertz CT molecular complexity index is 994. The lowest BCUT2D eigenvalue weighted by Gasteiger charge is -2.37. The Morgan fingerprint density at radius 2 is 1.72 bits per heavy atom. The number of alkyl halides is 3. The van der Waals surface area contributed by atoms with Crippen molar-refractivity contribution in [2.24, 2.45) is 11.8 Å². The highest BCUT2D eigenvalue weighted by Gasteiger charge is 2.46. The van der Waals surface area contributed by atoms with Crippen molar-refractivity contribution in [3.05, 3.63) is 59.4 Å². The lowest BCUT2D eigenvalue weighted by atomic mass is 9.68. The van der Waals surface area contributed by atoms with Crippen molar-refractivity contribution in [1.82, 2.24) is 0 Å². The van der Waals surface area contributed by atoms with E-state index in [-0.39, 0.29) is 18.9 Å². The molecule has 0 bridgehead atoms. The number of aliphatic hydroxyl groups is 1. The standard InChI is InChI=1S/C22H22F4N2O4/c1-27-13-5-2-11(3-6-13)15-9-14(29)10-16(19(15)21(31)32)20(30)28-18-7-4-12(8-17(18)23)22(24,25)26/h2-8,14-16,19,27,29H,9-10H2,1H3,(H,28,30)(H,31,32)/t14-,15-,16-,19-/m1/s1. The van der Waals surface area contributed by atoms with Gasteiger partial charge >= 0.3 is 12.1 Å². The first-order chi connectivity index (χ1) is 15.0. The molecule has 2 aromatic carbocycles. The van der Waals surface area contributed by atoms with Crippen LogP contribution in [0.3, 0.4) is 0 Å². The van der Waals surface area contributed by atoms with Crippen molar-refractivity contribution < 1.29 is 37.4 Å². The molecule has 4 atom stereocenters. The van der Waals surface area contributed by atoms with E-state index in [1.807, 2.05) is 0 Å². The SMILES string of the molecule is CNc1ccc([C@H]2C[C@@H](O)C[C@@H](C(=O)Nc3ccc(C(F)(F)F)cc3F)[C@@H]2C(=O)O)cc1. The minimum Gasteiger partial charge on any atom is -0.481 e. The van der Waals surface area contributed by atoms with Crippen LogP contribution < -0.4 is 10.6 Å². The summed E-state index contributed by atoms with van der Waals surface area (Å²) < 4.78 is 52.4. The van der Waals surface area contributed by atoms with E-state index in [4.69, 9.17) is 0 Å². The van der Waals surface area contributed by atoms with Gasteiger partial charge in [0.25, 0.3) is 0 Å². The lowest BCUT2D eigenvalue weighted by molar-refractivity contribution is -0.150. The number of rotatable bonds is 5. The molecule has 32 heavy (non-hydrogen) atoms. The van der Waals surface area contributed by atoms with E-state index in [0.717, 1.165) is 11.8 Å². The number of halogens is 4. The molecular weight excluding hydrogens is 432 g/mol. The number of aliphatic carboxylic acids is 1. The van der Waals surface area contributed by atoms with Crippen molar-refractivity contribution in [2.45, 2.75) is 31.0 Å². The van der Waals surface area contributed by atoms with Crippen LogP contribution in [-0.4, -0.2) is 35.2 Å². The summed E-state index contributed by atoms with van der Waals surface area (Å²) >= 11 is 0. The number of hydrogen-bond acceptors (Lipinski definition) is 4. The minimum atomic E-state index is -4.75. The summed E-state index contributed by atoms with van der Waals surface area (Å²) in [6.45, 7) is 0. The van der Waals surface area contributed by atoms with Crippen LogP contribution in [-0.2, 0) is 15.8 Å². The van der Waals surface area contributed by atoms with E-state index in [1.165, 1.54) is 0 Å². The highest BCUT2D eigenvalue weighted by molar-refractivity contribution is 5.95. The number of carboxylic acid groups (broad SMARTS) is 1. The monoisotopic (exact) mass is 454 g/mol. The van der Waals surface area contributed by atoms with Gasteiger partial charge in [-0.15, -0.1) is 0 Å². The molecule has 2 aromatic rings. The smallest absolute Gasteiger partial charge is 0.416 e. The van der Waals surface area contributed by atoms with Crippen molar-refractivity contribution in [2.75, 3.05) is 17.7 Å². The quantitative estimate of drug-likeness (QED) is 0.511. The van der Waals surface area contributed by atoms with E-state index >= 15 is 0 Å². The summed E-state index contributed by atoms with van der Waals surface area (Å²) in [4.78, 5) is 24.9. The molecule has 4 N–H and O–H groups in total. The zero-order chi connectivity index (χ0) is 23.6. The van der Waals surface area contributed by atoms with Gasteiger partial charge in [-0.3, -0.25) is 9.59 Å². The third-order valence-electron chi connectivity index (χ3n) is 5.72.